The quantitative estimate of drug-likeness (QED) is 0.563. The molecular weight excluding hydrogens is 246 g/mol. The van der Waals surface area contributed by atoms with Crippen molar-refractivity contribution in [2.75, 3.05) is 5.73 Å². The molecule has 1 heterocycles. The number of thiazole rings is 1. The van der Waals surface area contributed by atoms with Crippen LogP contribution in [0.5, 0.6) is 0 Å². The lowest BCUT2D eigenvalue weighted by molar-refractivity contribution is -0.139. The number of hydrogen-bond donors (Lipinski definition) is 2. The number of oxime groups is 1. The highest BCUT2D eigenvalue weighted by Crippen LogP contribution is 2.11. The van der Waals surface area contributed by atoms with Gasteiger partial charge in [-0.25, -0.2) is 4.98 Å². The Hall–Kier alpha value is -1.96. The third-order valence-electron chi connectivity index (χ3n) is 1.65. The first-order valence-corrected chi connectivity index (χ1v) is 5.46. The van der Waals surface area contributed by atoms with Gasteiger partial charge in [-0.1, -0.05) is 5.16 Å². The van der Waals surface area contributed by atoms with Gasteiger partial charge in [-0.2, -0.15) is 0 Å². The second-order valence-electron chi connectivity index (χ2n) is 3.13. The molecule has 0 spiro atoms. The number of hydrogen-bond acceptors (Lipinski definition) is 7. The van der Waals surface area contributed by atoms with Crippen molar-refractivity contribution < 1.29 is 19.5 Å². The van der Waals surface area contributed by atoms with Crippen molar-refractivity contribution in [3.8, 4) is 0 Å². The molecule has 1 unspecified atom stereocenters. The normalized spacial score (nSPS) is 13.1. The minimum Gasteiger partial charge on any atom is -0.481 e. The van der Waals surface area contributed by atoms with Crippen LogP contribution in [0.25, 0.3) is 0 Å². The van der Waals surface area contributed by atoms with E-state index < -0.39 is 12.1 Å². The van der Waals surface area contributed by atoms with Crippen LogP contribution in [0.1, 0.15) is 19.0 Å². The average molecular weight is 256 g/mol. The van der Waals surface area contributed by atoms with Crippen molar-refractivity contribution in [3.63, 3.8) is 0 Å². The van der Waals surface area contributed by atoms with Crippen LogP contribution in [0.2, 0.25) is 0 Å². The standard InChI is InChI=1S/C9H10N3O4S/c1-5(2-8(14)15)16-12-6(3-13)7-4-17-9(10)11-7/h4-5H,2H2,1H3,(H2,10,11)(H,14,15). The molecule has 1 rings (SSSR count). The minimum atomic E-state index is -1.01. The first-order chi connectivity index (χ1) is 8.02. The maximum absolute atomic E-state index is 10.6. The second-order valence-corrected chi connectivity index (χ2v) is 4.02. The van der Waals surface area contributed by atoms with E-state index in [-0.39, 0.29) is 17.8 Å². The highest BCUT2D eigenvalue weighted by molar-refractivity contribution is 7.13. The molecule has 0 aliphatic heterocycles. The predicted molar refractivity (Wildman–Crippen MR) is 61.6 cm³/mol. The Morgan fingerprint density at radius 2 is 2.53 bits per heavy atom. The van der Waals surface area contributed by atoms with Gasteiger partial charge in [0.25, 0.3) is 6.29 Å². The third kappa shape index (κ3) is 4.19. The number of nitrogen functional groups attached to an aromatic ring is 1. The molecule has 17 heavy (non-hydrogen) atoms. The van der Waals surface area contributed by atoms with Crippen molar-refractivity contribution in [2.24, 2.45) is 5.16 Å². The molecule has 1 aromatic rings. The van der Waals surface area contributed by atoms with Gasteiger partial charge in [0.15, 0.2) is 10.8 Å². The Bertz CT molecular complexity index is 443. The van der Waals surface area contributed by atoms with Crippen molar-refractivity contribution in [1.29, 1.82) is 0 Å². The van der Waals surface area contributed by atoms with Crippen molar-refractivity contribution in [1.82, 2.24) is 4.98 Å². The van der Waals surface area contributed by atoms with Crippen molar-refractivity contribution >= 4 is 34.4 Å². The van der Waals surface area contributed by atoms with Crippen molar-refractivity contribution in [2.45, 2.75) is 19.4 Å². The summed E-state index contributed by atoms with van der Waals surface area (Å²) >= 11 is 1.15. The topological polar surface area (TPSA) is 115 Å². The number of carboxylic acids is 1. The zero-order valence-corrected chi connectivity index (χ0v) is 9.73. The Morgan fingerprint density at radius 1 is 1.82 bits per heavy atom. The maximum Gasteiger partial charge on any atom is 0.307 e. The molecular formula is C9H10N3O4S. The highest BCUT2D eigenvalue weighted by atomic mass is 32.1. The second kappa shape index (κ2) is 5.94. The Labute approximate surface area is 101 Å². The van der Waals surface area contributed by atoms with E-state index in [9.17, 15) is 9.59 Å². The monoisotopic (exact) mass is 256 g/mol. The molecule has 0 bridgehead atoms. The van der Waals surface area contributed by atoms with Crippen molar-refractivity contribution in [3.05, 3.63) is 11.1 Å². The van der Waals surface area contributed by atoms with E-state index in [0.29, 0.717) is 5.13 Å². The van der Waals surface area contributed by atoms with E-state index in [4.69, 9.17) is 15.7 Å². The summed E-state index contributed by atoms with van der Waals surface area (Å²) in [6, 6.07) is 0. The number of carbonyl (C=O) groups is 1. The highest BCUT2D eigenvalue weighted by Gasteiger charge is 2.12. The summed E-state index contributed by atoms with van der Waals surface area (Å²) in [5.74, 6) is -1.01. The molecule has 0 aliphatic carbocycles. The van der Waals surface area contributed by atoms with Crippen LogP contribution in [0, 0.1) is 0 Å². The number of carbonyl (C=O) groups excluding carboxylic acids is 1. The SMILES string of the molecule is CC(CC(=O)O)ON=C([C]=O)c1csc(N)n1. The molecule has 0 fully saturated rings. The van der Waals surface area contributed by atoms with E-state index in [0.717, 1.165) is 11.3 Å². The zero-order chi connectivity index (χ0) is 12.8. The summed E-state index contributed by atoms with van der Waals surface area (Å²) < 4.78 is 0. The van der Waals surface area contributed by atoms with Crippen LogP contribution < -0.4 is 5.73 Å². The van der Waals surface area contributed by atoms with Gasteiger partial charge in [-0.15, -0.1) is 11.3 Å². The van der Waals surface area contributed by atoms with Crippen LogP contribution >= 0.6 is 11.3 Å². The molecule has 0 saturated carbocycles. The average Bonchev–Trinajstić information content (AvgIpc) is 2.65. The van der Waals surface area contributed by atoms with Gasteiger partial charge in [0.1, 0.15) is 11.8 Å². The fourth-order valence-electron chi connectivity index (χ4n) is 0.940. The summed E-state index contributed by atoms with van der Waals surface area (Å²) in [4.78, 5) is 29.7. The molecule has 1 radical (unpaired) electrons. The van der Waals surface area contributed by atoms with Crippen LogP contribution in [0.15, 0.2) is 10.5 Å². The molecule has 1 aromatic heterocycles. The number of aromatic nitrogens is 1. The summed E-state index contributed by atoms with van der Waals surface area (Å²) in [5.41, 5.74) is 5.51. The molecule has 91 valence electrons. The summed E-state index contributed by atoms with van der Waals surface area (Å²) in [6.07, 6.45) is 0.697. The van der Waals surface area contributed by atoms with Crippen LogP contribution in [-0.4, -0.2) is 34.2 Å². The van der Waals surface area contributed by atoms with Gasteiger partial charge in [-0.3, -0.25) is 9.59 Å². The van der Waals surface area contributed by atoms with E-state index >= 15 is 0 Å². The predicted octanol–water partition coefficient (Wildman–Crippen LogP) is 0.419. The van der Waals surface area contributed by atoms with Gasteiger partial charge >= 0.3 is 5.97 Å². The van der Waals surface area contributed by atoms with E-state index in [1.807, 2.05) is 0 Å². The van der Waals surface area contributed by atoms with Crippen LogP contribution in [0.3, 0.4) is 0 Å². The summed E-state index contributed by atoms with van der Waals surface area (Å²) in [6.45, 7) is 1.52. The number of rotatable bonds is 6. The lowest BCUT2D eigenvalue weighted by Crippen LogP contribution is -2.13. The molecule has 3 N–H and O–H groups in total. The number of anilines is 1. The largest absolute Gasteiger partial charge is 0.481 e. The number of aliphatic carboxylic acids is 1. The number of carboxylic acid groups (broad SMARTS) is 1. The number of nitrogens with two attached hydrogens (primary N) is 1. The number of nitrogens with zero attached hydrogens (tertiary/aromatic N) is 2. The lowest BCUT2D eigenvalue weighted by atomic mass is 10.3. The van der Waals surface area contributed by atoms with Gasteiger partial charge in [0.05, 0.1) is 6.42 Å². The molecule has 0 saturated heterocycles. The first-order valence-electron chi connectivity index (χ1n) is 4.58. The van der Waals surface area contributed by atoms with Gasteiger partial charge in [0, 0.05) is 5.38 Å². The Kier molecular flexibility index (Phi) is 4.58. The fraction of sp³-hybridized carbons (Fsp3) is 0.333. The van der Waals surface area contributed by atoms with Crippen LogP contribution in [0.4, 0.5) is 5.13 Å². The van der Waals surface area contributed by atoms with Crippen LogP contribution in [-0.2, 0) is 14.4 Å². The first kappa shape index (κ1) is 13.1. The summed E-state index contributed by atoms with van der Waals surface area (Å²) in [5, 5.41) is 13.8. The van der Waals surface area contributed by atoms with Gasteiger partial charge in [0.2, 0.25) is 0 Å². The molecule has 7 nitrogen and oxygen atoms in total. The molecule has 8 heteroatoms. The molecule has 1 atom stereocenters. The third-order valence-corrected chi connectivity index (χ3v) is 2.32. The zero-order valence-electron chi connectivity index (χ0n) is 8.91. The Balaban J connectivity index is 2.68. The smallest absolute Gasteiger partial charge is 0.307 e. The van der Waals surface area contributed by atoms with Gasteiger partial charge < -0.3 is 15.7 Å². The maximum atomic E-state index is 10.6. The molecule has 0 amide bonds. The molecule has 0 aliphatic rings. The van der Waals surface area contributed by atoms with Gasteiger partial charge in [-0.05, 0) is 6.92 Å². The summed E-state index contributed by atoms with van der Waals surface area (Å²) in [7, 11) is 0. The molecule has 0 aromatic carbocycles. The lowest BCUT2D eigenvalue weighted by Gasteiger charge is -2.05. The van der Waals surface area contributed by atoms with E-state index in [1.54, 1.807) is 6.29 Å². The van der Waals surface area contributed by atoms with E-state index in [1.165, 1.54) is 12.3 Å². The Morgan fingerprint density at radius 3 is 3.00 bits per heavy atom. The minimum absolute atomic E-state index is 0.143. The van der Waals surface area contributed by atoms with E-state index in [2.05, 4.69) is 10.1 Å². The fourth-order valence-corrected chi connectivity index (χ4v) is 1.49.